The molecule has 2 rings (SSSR count). The summed E-state index contributed by atoms with van der Waals surface area (Å²) in [7, 11) is 3.28. The molecule has 0 spiro atoms. The summed E-state index contributed by atoms with van der Waals surface area (Å²) in [5.41, 5.74) is 2.40. The normalized spacial score (nSPS) is 11.3. The first-order valence-electron chi connectivity index (χ1n) is 7.42. The number of rotatable bonds is 5. The molecule has 0 aromatic heterocycles. The maximum absolute atomic E-state index is 13.0. The van der Waals surface area contributed by atoms with Gasteiger partial charge in [0.05, 0.1) is 7.11 Å². The molecule has 1 amide bonds. The summed E-state index contributed by atoms with van der Waals surface area (Å²) in [6.07, 6.45) is 1.53. The molecular weight excluding hydrogens is 329 g/mol. The molecule has 0 heterocycles. The van der Waals surface area contributed by atoms with E-state index >= 15 is 0 Å². The molecule has 0 aliphatic rings. The molecule has 3 nitrogen and oxygen atoms in total. The van der Waals surface area contributed by atoms with Crippen LogP contribution in [-0.2, 0) is 11.3 Å². The Morgan fingerprint density at radius 1 is 1.25 bits per heavy atom. The van der Waals surface area contributed by atoms with Crippen LogP contribution in [0, 0.1) is 5.82 Å². The van der Waals surface area contributed by atoms with Gasteiger partial charge in [-0.1, -0.05) is 23.7 Å². The first-order valence-corrected chi connectivity index (χ1v) is 7.80. The number of ether oxygens (including phenoxy) is 1. The number of hydrogen-bond acceptors (Lipinski definition) is 2. The highest BCUT2D eigenvalue weighted by molar-refractivity contribution is 6.30. The van der Waals surface area contributed by atoms with Gasteiger partial charge in [-0.15, -0.1) is 0 Å². The highest BCUT2D eigenvalue weighted by Gasteiger charge is 2.11. The van der Waals surface area contributed by atoms with E-state index in [1.165, 1.54) is 18.2 Å². The second-order valence-corrected chi connectivity index (χ2v) is 5.92. The van der Waals surface area contributed by atoms with E-state index in [-0.39, 0.29) is 11.7 Å². The van der Waals surface area contributed by atoms with Crippen LogP contribution < -0.4 is 4.74 Å². The highest BCUT2D eigenvalue weighted by atomic mass is 35.5. The maximum Gasteiger partial charge on any atom is 0.246 e. The fourth-order valence-corrected chi connectivity index (χ4v) is 2.49. The quantitative estimate of drug-likeness (QED) is 0.743. The summed E-state index contributed by atoms with van der Waals surface area (Å²) in [4.78, 5) is 14.0. The van der Waals surface area contributed by atoms with Crippen LogP contribution in [0.15, 0.2) is 48.5 Å². The highest BCUT2D eigenvalue weighted by Crippen LogP contribution is 2.24. The first kappa shape index (κ1) is 18.0. The van der Waals surface area contributed by atoms with Crippen molar-refractivity contribution in [1.82, 2.24) is 4.90 Å². The second kappa shape index (κ2) is 7.97. The Morgan fingerprint density at radius 3 is 2.54 bits per heavy atom. The van der Waals surface area contributed by atoms with Crippen LogP contribution in [0.25, 0.3) is 5.57 Å². The van der Waals surface area contributed by atoms with Crippen molar-refractivity contribution in [3.8, 4) is 5.75 Å². The molecule has 0 atom stereocenters. The molecule has 0 aliphatic heterocycles. The van der Waals surface area contributed by atoms with Crippen molar-refractivity contribution in [1.29, 1.82) is 0 Å². The van der Waals surface area contributed by atoms with Gasteiger partial charge in [0.25, 0.3) is 0 Å². The lowest BCUT2D eigenvalue weighted by atomic mass is 10.1. The smallest absolute Gasteiger partial charge is 0.246 e. The zero-order chi connectivity index (χ0) is 17.7. The van der Waals surface area contributed by atoms with Crippen molar-refractivity contribution < 1.29 is 13.9 Å². The van der Waals surface area contributed by atoms with Gasteiger partial charge in [-0.3, -0.25) is 4.79 Å². The molecular formula is C19H19ClFNO2. The van der Waals surface area contributed by atoms with Crippen LogP contribution in [0.2, 0.25) is 5.02 Å². The summed E-state index contributed by atoms with van der Waals surface area (Å²) in [6.45, 7) is 2.19. The van der Waals surface area contributed by atoms with E-state index in [9.17, 15) is 9.18 Å². The molecule has 0 fully saturated rings. The Kier molecular flexibility index (Phi) is 5.99. The maximum atomic E-state index is 13.0. The van der Waals surface area contributed by atoms with Gasteiger partial charge >= 0.3 is 0 Å². The fraction of sp³-hybridized carbons (Fsp3) is 0.211. The zero-order valence-corrected chi connectivity index (χ0v) is 14.6. The topological polar surface area (TPSA) is 29.5 Å². The monoisotopic (exact) mass is 347 g/mol. The number of carbonyl (C=O) groups is 1. The van der Waals surface area contributed by atoms with Crippen LogP contribution in [-0.4, -0.2) is 25.0 Å². The van der Waals surface area contributed by atoms with E-state index in [4.69, 9.17) is 16.3 Å². The molecule has 0 bridgehead atoms. The van der Waals surface area contributed by atoms with Gasteiger partial charge in [0.2, 0.25) is 5.91 Å². The van der Waals surface area contributed by atoms with Crippen molar-refractivity contribution in [2.45, 2.75) is 13.5 Å². The lowest BCUT2D eigenvalue weighted by Gasteiger charge is -2.18. The molecule has 24 heavy (non-hydrogen) atoms. The van der Waals surface area contributed by atoms with Crippen molar-refractivity contribution in [3.63, 3.8) is 0 Å². The molecule has 0 unspecified atom stereocenters. The fourth-order valence-electron chi connectivity index (χ4n) is 2.30. The van der Waals surface area contributed by atoms with E-state index in [1.807, 2.05) is 6.92 Å². The number of carbonyl (C=O) groups excluding carboxylic acids is 1. The lowest BCUT2D eigenvalue weighted by Crippen LogP contribution is -2.24. The summed E-state index contributed by atoms with van der Waals surface area (Å²) in [6, 6.07) is 11.3. The number of hydrogen-bond donors (Lipinski definition) is 0. The third-order valence-corrected chi connectivity index (χ3v) is 3.90. The third kappa shape index (κ3) is 4.59. The predicted molar refractivity (Wildman–Crippen MR) is 94.5 cm³/mol. The van der Waals surface area contributed by atoms with E-state index in [0.29, 0.717) is 17.3 Å². The number of nitrogens with zero attached hydrogens (tertiary/aromatic N) is 1. The lowest BCUT2D eigenvalue weighted by molar-refractivity contribution is -0.125. The van der Waals surface area contributed by atoms with Gasteiger partial charge in [0.15, 0.2) is 0 Å². The molecule has 126 valence electrons. The zero-order valence-electron chi connectivity index (χ0n) is 13.8. The molecule has 0 saturated carbocycles. The number of allylic oxidation sites excluding steroid dienone is 1. The van der Waals surface area contributed by atoms with Gasteiger partial charge in [-0.2, -0.15) is 0 Å². The molecule has 5 heteroatoms. The average molecular weight is 348 g/mol. The van der Waals surface area contributed by atoms with E-state index in [1.54, 1.807) is 49.4 Å². The summed E-state index contributed by atoms with van der Waals surface area (Å²) >= 11 is 6.01. The number of benzene rings is 2. The van der Waals surface area contributed by atoms with Crippen molar-refractivity contribution >= 4 is 23.1 Å². The van der Waals surface area contributed by atoms with E-state index in [0.717, 1.165) is 16.7 Å². The van der Waals surface area contributed by atoms with Gasteiger partial charge in [-0.05, 0) is 48.4 Å². The Balaban J connectivity index is 2.13. The molecule has 2 aromatic rings. The van der Waals surface area contributed by atoms with Gasteiger partial charge in [0, 0.05) is 30.3 Å². The van der Waals surface area contributed by atoms with E-state index in [2.05, 4.69) is 0 Å². The average Bonchev–Trinajstić information content (AvgIpc) is 2.55. The van der Waals surface area contributed by atoms with Crippen LogP contribution in [0.1, 0.15) is 18.1 Å². The first-order chi connectivity index (χ1) is 11.4. The SMILES string of the molecule is COc1ccc(Cl)cc1CN(C)C(=O)/C=C(\C)c1ccc(F)cc1. The largest absolute Gasteiger partial charge is 0.496 e. The van der Waals surface area contributed by atoms with Crippen LogP contribution >= 0.6 is 11.6 Å². The summed E-state index contributed by atoms with van der Waals surface area (Å²) in [5, 5.41) is 0.588. The number of likely N-dealkylation sites (N-methyl/N-ethyl adjacent to an activating group) is 1. The van der Waals surface area contributed by atoms with Crippen molar-refractivity contribution in [3.05, 3.63) is 70.5 Å². The number of amides is 1. The Hall–Kier alpha value is -2.33. The minimum atomic E-state index is -0.303. The molecule has 0 radical (unpaired) electrons. The Labute approximate surface area is 146 Å². The van der Waals surface area contributed by atoms with Gasteiger partial charge < -0.3 is 9.64 Å². The van der Waals surface area contributed by atoms with Crippen molar-refractivity contribution in [2.24, 2.45) is 0 Å². The predicted octanol–water partition coefficient (Wildman–Crippen LogP) is 4.55. The second-order valence-electron chi connectivity index (χ2n) is 5.48. The molecule has 2 aromatic carbocycles. The minimum Gasteiger partial charge on any atom is -0.496 e. The van der Waals surface area contributed by atoms with Crippen molar-refractivity contribution in [2.75, 3.05) is 14.2 Å². The Bertz CT molecular complexity index is 756. The standard InChI is InChI=1S/C19H19ClFNO2/c1-13(14-4-7-17(21)8-5-14)10-19(23)22(2)12-15-11-16(20)6-9-18(15)24-3/h4-11H,12H2,1-3H3/b13-10+. The summed E-state index contributed by atoms with van der Waals surface area (Å²) in [5.74, 6) is 0.222. The molecule has 0 aliphatic carbocycles. The Morgan fingerprint density at radius 2 is 1.92 bits per heavy atom. The molecule has 0 saturated heterocycles. The molecule has 0 N–H and O–H groups in total. The van der Waals surface area contributed by atoms with Gasteiger partial charge in [-0.25, -0.2) is 4.39 Å². The van der Waals surface area contributed by atoms with Crippen LogP contribution in [0.4, 0.5) is 4.39 Å². The minimum absolute atomic E-state index is 0.154. The van der Waals surface area contributed by atoms with E-state index < -0.39 is 0 Å². The number of halogens is 2. The van der Waals surface area contributed by atoms with Gasteiger partial charge in [0.1, 0.15) is 11.6 Å². The number of methoxy groups -OCH3 is 1. The van der Waals surface area contributed by atoms with Crippen LogP contribution in [0.3, 0.4) is 0 Å². The summed E-state index contributed by atoms with van der Waals surface area (Å²) < 4.78 is 18.3. The third-order valence-electron chi connectivity index (χ3n) is 3.67. The van der Waals surface area contributed by atoms with Crippen LogP contribution in [0.5, 0.6) is 5.75 Å².